The van der Waals surface area contributed by atoms with Gasteiger partial charge in [-0.2, -0.15) is 0 Å². The fourth-order valence-electron chi connectivity index (χ4n) is 2.31. The zero-order valence-electron chi connectivity index (χ0n) is 11.7. The molecule has 0 saturated heterocycles. The molecule has 0 aliphatic heterocycles. The van der Waals surface area contributed by atoms with Crippen LogP contribution in [-0.4, -0.2) is 26.2 Å². The van der Waals surface area contributed by atoms with Gasteiger partial charge in [-0.05, 0) is 30.7 Å². The summed E-state index contributed by atoms with van der Waals surface area (Å²) in [7, 11) is 0. The maximum Gasteiger partial charge on any atom is 0.278 e. The molecule has 112 valence electrons. The minimum atomic E-state index is -0.220. The number of aryl methyl sites for hydroxylation is 1. The maximum atomic E-state index is 12.7. The van der Waals surface area contributed by atoms with E-state index in [0.717, 1.165) is 0 Å². The van der Waals surface area contributed by atoms with Gasteiger partial charge in [-0.1, -0.05) is 23.7 Å². The molecule has 2 aromatic heterocycles. The quantitative estimate of drug-likeness (QED) is 0.803. The maximum absolute atomic E-state index is 12.7. The van der Waals surface area contributed by atoms with E-state index in [0.29, 0.717) is 40.4 Å². The van der Waals surface area contributed by atoms with Crippen LogP contribution in [0.1, 0.15) is 6.42 Å². The van der Waals surface area contributed by atoms with Gasteiger partial charge in [0, 0.05) is 29.9 Å². The molecule has 0 amide bonds. The number of hydrogen-bond acceptors (Lipinski definition) is 4. The van der Waals surface area contributed by atoms with E-state index in [9.17, 15) is 4.79 Å². The van der Waals surface area contributed by atoms with Crippen molar-refractivity contribution in [1.29, 1.82) is 0 Å². The van der Waals surface area contributed by atoms with Crippen LogP contribution >= 0.6 is 11.6 Å². The molecule has 3 rings (SSSR count). The third-order valence-electron chi connectivity index (χ3n) is 3.36. The molecule has 1 aromatic carbocycles. The first-order valence-corrected chi connectivity index (χ1v) is 7.31. The largest absolute Gasteiger partial charge is 0.396 e. The van der Waals surface area contributed by atoms with Crippen molar-refractivity contribution < 1.29 is 5.11 Å². The number of rotatable bonds is 4. The highest BCUT2D eigenvalue weighted by molar-refractivity contribution is 6.30. The molecule has 22 heavy (non-hydrogen) atoms. The van der Waals surface area contributed by atoms with E-state index < -0.39 is 0 Å². The first-order valence-electron chi connectivity index (χ1n) is 6.93. The predicted octanol–water partition coefficient (Wildman–Crippen LogP) is 2.49. The molecular weight excluding hydrogens is 302 g/mol. The summed E-state index contributed by atoms with van der Waals surface area (Å²) in [5.41, 5.74) is 2.01. The van der Waals surface area contributed by atoms with Crippen LogP contribution in [0.2, 0.25) is 5.02 Å². The molecule has 2 heterocycles. The SMILES string of the molecule is O=c1c(-c2ccc(Cl)cc2)nc2cccnc2n1CCCO. The van der Waals surface area contributed by atoms with Crippen LogP contribution in [-0.2, 0) is 6.54 Å². The van der Waals surface area contributed by atoms with E-state index in [4.69, 9.17) is 16.7 Å². The fraction of sp³-hybridized carbons (Fsp3) is 0.188. The summed E-state index contributed by atoms with van der Waals surface area (Å²) >= 11 is 5.89. The fourth-order valence-corrected chi connectivity index (χ4v) is 2.43. The standard InChI is InChI=1S/C16H14ClN3O2/c17-12-6-4-11(5-7-12)14-16(22)20(9-2-10-21)15-13(19-14)3-1-8-18-15/h1,3-8,21H,2,9-10H2. The Bertz CT molecular complexity index is 859. The summed E-state index contributed by atoms with van der Waals surface area (Å²) < 4.78 is 1.56. The number of nitrogens with zero attached hydrogens (tertiary/aromatic N) is 3. The van der Waals surface area contributed by atoms with Gasteiger partial charge in [0.15, 0.2) is 5.65 Å². The highest BCUT2D eigenvalue weighted by atomic mass is 35.5. The molecule has 0 aliphatic carbocycles. The Morgan fingerprint density at radius 1 is 1.18 bits per heavy atom. The Hall–Kier alpha value is -2.24. The third-order valence-corrected chi connectivity index (χ3v) is 3.61. The Morgan fingerprint density at radius 2 is 1.95 bits per heavy atom. The van der Waals surface area contributed by atoms with Crippen LogP contribution in [0.5, 0.6) is 0 Å². The second kappa shape index (κ2) is 6.25. The Balaban J connectivity index is 2.24. The van der Waals surface area contributed by atoms with Gasteiger partial charge in [-0.3, -0.25) is 9.36 Å². The number of aromatic nitrogens is 3. The van der Waals surface area contributed by atoms with Gasteiger partial charge in [-0.15, -0.1) is 0 Å². The van der Waals surface area contributed by atoms with Gasteiger partial charge < -0.3 is 5.11 Å². The van der Waals surface area contributed by atoms with Crippen LogP contribution in [0, 0.1) is 0 Å². The average molecular weight is 316 g/mol. The summed E-state index contributed by atoms with van der Waals surface area (Å²) in [4.78, 5) is 21.4. The van der Waals surface area contributed by atoms with Gasteiger partial charge in [0.2, 0.25) is 0 Å². The van der Waals surface area contributed by atoms with Crippen LogP contribution in [0.4, 0.5) is 0 Å². The molecule has 0 saturated carbocycles. The summed E-state index contributed by atoms with van der Waals surface area (Å²) in [6, 6.07) is 10.6. The number of aliphatic hydroxyl groups excluding tert-OH is 1. The van der Waals surface area contributed by atoms with Gasteiger partial charge in [0.25, 0.3) is 5.56 Å². The number of benzene rings is 1. The van der Waals surface area contributed by atoms with Gasteiger partial charge in [-0.25, -0.2) is 9.97 Å². The minimum Gasteiger partial charge on any atom is -0.396 e. The normalized spacial score (nSPS) is 11.0. The topological polar surface area (TPSA) is 68.0 Å². The van der Waals surface area contributed by atoms with E-state index in [2.05, 4.69) is 9.97 Å². The van der Waals surface area contributed by atoms with Gasteiger partial charge in [0.1, 0.15) is 11.2 Å². The number of pyridine rings is 1. The predicted molar refractivity (Wildman–Crippen MR) is 85.9 cm³/mol. The minimum absolute atomic E-state index is 0.0133. The number of hydrogen-bond donors (Lipinski definition) is 1. The molecule has 3 aromatic rings. The first kappa shape index (κ1) is 14.7. The molecule has 0 bridgehead atoms. The second-order valence-corrected chi connectivity index (χ2v) is 5.28. The summed E-state index contributed by atoms with van der Waals surface area (Å²) in [5.74, 6) is 0. The lowest BCUT2D eigenvalue weighted by atomic mass is 10.1. The number of halogens is 1. The summed E-state index contributed by atoms with van der Waals surface area (Å²) in [6.07, 6.45) is 2.11. The van der Waals surface area contributed by atoms with E-state index in [1.807, 2.05) is 6.07 Å². The number of fused-ring (bicyclic) bond motifs is 1. The molecule has 1 N–H and O–H groups in total. The van der Waals surface area contributed by atoms with Crippen LogP contribution in [0.15, 0.2) is 47.4 Å². The van der Waals surface area contributed by atoms with E-state index in [-0.39, 0.29) is 12.2 Å². The van der Waals surface area contributed by atoms with Crippen molar-refractivity contribution >= 4 is 22.8 Å². The van der Waals surface area contributed by atoms with Crippen molar-refractivity contribution in [2.45, 2.75) is 13.0 Å². The average Bonchev–Trinajstić information content (AvgIpc) is 2.54. The van der Waals surface area contributed by atoms with E-state index in [1.54, 1.807) is 41.1 Å². The summed E-state index contributed by atoms with van der Waals surface area (Å²) in [5, 5.41) is 9.64. The molecule has 0 radical (unpaired) electrons. The van der Waals surface area contributed by atoms with Crippen LogP contribution in [0.3, 0.4) is 0 Å². The highest BCUT2D eigenvalue weighted by Gasteiger charge is 2.13. The van der Waals surface area contributed by atoms with Crippen molar-refractivity contribution in [1.82, 2.24) is 14.5 Å². The van der Waals surface area contributed by atoms with Crippen molar-refractivity contribution in [3.05, 3.63) is 58.0 Å². The monoisotopic (exact) mass is 315 g/mol. The lowest BCUT2D eigenvalue weighted by Crippen LogP contribution is -2.24. The van der Waals surface area contributed by atoms with Crippen LogP contribution in [0.25, 0.3) is 22.4 Å². The molecule has 0 aliphatic rings. The third kappa shape index (κ3) is 2.73. The molecule has 5 nitrogen and oxygen atoms in total. The Labute approximate surface area is 131 Å². The lowest BCUT2D eigenvalue weighted by Gasteiger charge is -2.11. The van der Waals surface area contributed by atoms with Crippen molar-refractivity contribution in [3.63, 3.8) is 0 Å². The first-order chi connectivity index (χ1) is 10.7. The smallest absolute Gasteiger partial charge is 0.278 e. The van der Waals surface area contributed by atoms with Crippen molar-refractivity contribution in [2.75, 3.05) is 6.61 Å². The summed E-state index contributed by atoms with van der Waals surface area (Å²) in [6.45, 7) is 0.408. The lowest BCUT2D eigenvalue weighted by molar-refractivity contribution is 0.280. The van der Waals surface area contributed by atoms with Crippen molar-refractivity contribution in [3.8, 4) is 11.3 Å². The van der Waals surface area contributed by atoms with Gasteiger partial charge >= 0.3 is 0 Å². The Kier molecular flexibility index (Phi) is 4.18. The van der Waals surface area contributed by atoms with Crippen molar-refractivity contribution in [2.24, 2.45) is 0 Å². The highest BCUT2D eigenvalue weighted by Crippen LogP contribution is 2.19. The molecular formula is C16H14ClN3O2. The molecule has 0 spiro atoms. The van der Waals surface area contributed by atoms with E-state index in [1.165, 1.54) is 0 Å². The molecule has 0 unspecified atom stereocenters. The van der Waals surface area contributed by atoms with E-state index >= 15 is 0 Å². The zero-order valence-corrected chi connectivity index (χ0v) is 12.5. The number of aliphatic hydroxyl groups is 1. The Morgan fingerprint density at radius 3 is 2.68 bits per heavy atom. The molecule has 0 fully saturated rings. The zero-order chi connectivity index (χ0) is 15.5. The molecule has 6 heteroatoms. The van der Waals surface area contributed by atoms with Gasteiger partial charge in [0.05, 0.1) is 0 Å². The van der Waals surface area contributed by atoms with Crippen LogP contribution < -0.4 is 5.56 Å². The molecule has 0 atom stereocenters. The second-order valence-electron chi connectivity index (χ2n) is 4.85.